The minimum absolute atomic E-state index is 0.170. The van der Waals surface area contributed by atoms with Crippen molar-refractivity contribution in [1.29, 1.82) is 0 Å². The number of hydrogen-bond donors (Lipinski definition) is 3. The molecule has 0 aliphatic heterocycles. The molecule has 0 bridgehead atoms. The molecule has 0 aliphatic carbocycles. The summed E-state index contributed by atoms with van der Waals surface area (Å²) in [5.41, 5.74) is 3.75. The number of anilines is 1. The predicted octanol–water partition coefficient (Wildman–Crippen LogP) is 3.41. The molecule has 22 heavy (non-hydrogen) atoms. The standard InChI is InChI=1S/C18H22N2O2/c1-3-14-11-7-8-13(2)17(14)20-18(22)19-12-16(21)15-9-5-4-6-10-15/h4-11,16,21H,3,12H2,1-2H3,(H2,19,20,22)/t16-/m0/s1. The van der Waals surface area contributed by atoms with Crippen LogP contribution < -0.4 is 10.6 Å². The summed E-state index contributed by atoms with van der Waals surface area (Å²) < 4.78 is 0. The fourth-order valence-corrected chi connectivity index (χ4v) is 2.34. The van der Waals surface area contributed by atoms with Crippen LogP contribution in [0.25, 0.3) is 0 Å². The van der Waals surface area contributed by atoms with Crippen LogP contribution in [0, 0.1) is 6.92 Å². The molecule has 0 aliphatic rings. The lowest BCUT2D eigenvalue weighted by Gasteiger charge is -2.15. The van der Waals surface area contributed by atoms with Gasteiger partial charge in [-0.2, -0.15) is 0 Å². The maximum atomic E-state index is 12.0. The molecule has 0 unspecified atom stereocenters. The molecule has 0 radical (unpaired) electrons. The number of benzene rings is 2. The zero-order valence-electron chi connectivity index (χ0n) is 13.0. The first-order valence-electron chi connectivity index (χ1n) is 7.48. The highest BCUT2D eigenvalue weighted by Gasteiger charge is 2.11. The molecular weight excluding hydrogens is 276 g/mol. The summed E-state index contributed by atoms with van der Waals surface area (Å²) in [7, 11) is 0. The molecule has 0 heterocycles. The van der Waals surface area contributed by atoms with Gasteiger partial charge in [0.2, 0.25) is 0 Å². The highest BCUT2D eigenvalue weighted by molar-refractivity contribution is 5.91. The number of carbonyl (C=O) groups excluding carboxylic acids is 1. The number of aliphatic hydroxyl groups is 1. The lowest BCUT2D eigenvalue weighted by Crippen LogP contribution is -2.32. The van der Waals surface area contributed by atoms with Crippen molar-refractivity contribution in [3.8, 4) is 0 Å². The summed E-state index contributed by atoms with van der Waals surface area (Å²) in [4.78, 5) is 12.0. The molecular formula is C18H22N2O2. The Bertz CT molecular complexity index is 626. The minimum Gasteiger partial charge on any atom is -0.387 e. The Morgan fingerprint density at radius 1 is 1.14 bits per heavy atom. The molecule has 0 saturated heterocycles. The molecule has 2 rings (SSSR count). The molecule has 1 atom stereocenters. The smallest absolute Gasteiger partial charge is 0.319 e. The summed E-state index contributed by atoms with van der Waals surface area (Å²) in [5.74, 6) is 0. The van der Waals surface area contributed by atoms with Crippen LogP contribution in [-0.4, -0.2) is 17.7 Å². The highest BCUT2D eigenvalue weighted by Crippen LogP contribution is 2.21. The number of nitrogens with one attached hydrogen (secondary N) is 2. The van der Waals surface area contributed by atoms with Crippen LogP contribution in [-0.2, 0) is 6.42 Å². The molecule has 2 aromatic rings. The first-order chi connectivity index (χ1) is 10.6. The van der Waals surface area contributed by atoms with Crippen molar-refractivity contribution >= 4 is 11.7 Å². The molecule has 0 fully saturated rings. The van der Waals surface area contributed by atoms with Crippen molar-refractivity contribution in [2.75, 3.05) is 11.9 Å². The largest absolute Gasteiger partial charge is 0.387 e. The number of rotatable bonds is 5. The second-order valence-corrected chi connectivity index (χ2v) is 5.22. The highest BCUT2D eigenvalue weighted by atomic mass is 16.3. The van der Waals surface area contributed by atoms with Crippen LogP contribution in [0.1, 0.15) is 29.7 Å². The van der Waals surface area contributed by atoms with Crippen LogP contribution in [0.4, 0.5) is 10.5 Å². The molecule has 0 aromatic heterocycles. The summed E-state index contributed by atoms with van der Waals surface area (Å²) >= 11 is 0. The molecule has 0 spiro atoms. The third kappa shape index (κ3) is 4.09. The van der Waals surface area contributed by atoms with Gasteiger partial charge in [-0.3, -0.25) is 0 Å². The number of amides is 2. The van der Waals surface area contributed by atoms with Crippen molar-refractivity contribution in [2.24, 2.45) is 0 Å². The van der Waals surface area contributed by atoms with Crippen molar-refractivity contribution in [1.82, 2.24) is 5.32 Å². The molecule has 0 saturated carbocycles. The van der Waals surface area contributed by atoms with Gasteiger partial charge in [0.05, 0.1) is 6.10 Å². The van der Waals surface area contributed by atoms with E-state index < -0.39 is 6.10 Å². The summed E-state index contributed by atoms with van der Waals surface area (Å²) in [6.45, 7) is 4.19. The Hall–Kier alpha value is -2.33. The SMILES string of the molecule is CCc1cccc(C)c1NC(=O)NC[C@H](O)c1ccccc1. The number of aliphatic hydroxyl groups excluding tert-OH is 1. The second-order valence-electron chi connectivity index (χ2n) is 5.22. The first kappa shape index (κ1) is 16.0. The lowest BCUT2D eigenvalue weighted by atomic mass is 10.1. The zero-order chi connectivity index (χ0) is 15.9. The van der Waals surface area contributed by atoms with Crippen LogP contribution in [0.15, 0.2) is 48.5 Å². The van der Waals surface area contributed by atoms with Gasteiger partial charge >= 0.3 is 6.03 Å². The van der Waals surface area contributed by atoms with E-state index >= 15 is 0 Å². The zero-order valence-corrected chi connectivity index (χ0v) is 13.0. The average Bonchev–Trinajstić information content (AvgIpc) is 2.55. The predicted molar refractivity (Wildman–Crippen MR) is 89.0 cm³/mol. The van der Waals surface area contributed by atoms with Crippen LogP contribution in [0.5, 0.6) is 0 Å². The second kappa shape index (κ2) is 7.61. The summed E-state index contributed by atoms with van der Waals surface area (Å²) in [5, 5.41) is 15.6. The van der Waals surface area contributed by atoms with Crippen LogP contribution in [0.3, 0.4) is 0 Å². The molecule has 4 heteroatoms. The Labute approximate surface area is 131 Å². The minimum atomic E-state index is -0.713. The van der Waals surface area contributed by atoms with Crippen LogP contribution in [0.2, 0.25) is 0 Å². The lowest BCUT2D eigenvalue weighted by molar-refractivity contribution is 0.175. The number of para-hydroxylation sites is 1. The van der Waals surface area contributed by atoms with E-state index in [4.69, 9.17) is 0 Å². The topological polar surface area (TPSA) is 61.4 Å². The van der Waals surface area contributed by atoms with Crippen molar-refractivity contribution in [3.63, 3.8) is 0 Å². The number of urea groups is 1. The van der Waals surface area contributed by atoms with Gasteiger partial charge in [-0.15, -0.1) is 0 Å². The Morgan fingerprint density at radius 3 is 2.55 bits per heavy atom. The van der Waals surface area contributed by atoms with Crippen LogP contribution >= 0.6 is 0 Å². The maximum absolute atomic E-state index is 12.0. The number of carbonyl (C=O) groups is 1. The van der Waals surface area contributed by atoms with Gasteiger partial charge < -0.3 is 15.7 Å². The van der Waals surface area contributed by atoms with E-state index in [0.29, 0.717) is 0 Å². The van der Waals surface area contributed by atoms with E-state index in [9.17, 15) is 9.90 Å². The van der Waals surface area contributed by atoms with E-state index in [1.807, 2.05) is 55.5 Å². The average molecular weight is 298 g/mol. The molecule has 4 nitrogen and oxygen atoms in total. The Kier molecular flexibility index (Phi) is 5.55. The van der Waals surface area contributed by atoms with Crippen molar-refractivity contribution < 1.29 is 9.90 Å². The number of aryl methyl sites for hydroxylation is 2. The van der Waals surface area contributed by atoms with E-state index in [0.717, 1.165) is 28.8 Å². The fraction of sp³-hybridized carbons (Fsp3) is 0.278. The first-order valence-corrected chi connectivity index (χ1v) is 7.48. The van der Waals surface area contributed by atoms with E-state index in [1.165, 1.54) is 0 Å². The van der Waals surface area contributed by atoms with Gasteiger partial charge in [-0.05, 0) is 30.0 Å². The number of hydrogen-bond acceptors (Lipinski definition) is 2. The van der Waals surface area contributed by atoms with Crippen molar-refractivity contribution in [3.05, 3.63) is 65.2 Å². The normalized spacial score (nSPS) is 11.8. The monoisotopic (exact) mass is 298 g/mol. The van der Waals surface area contributed by atoms with Gasteiger partial charge in [-0.25, -0.2) is 4.79 Å². The maximum Gasteiger partial charge on any atom is 0.319 e. The van der Waals surface area contributed by atoms with Gasteiger partial charge in [0.25, 0.3) is 0 Å². The molecule has 2 aromatic carbocycles. The van der Waals surface area contributed by atoms with Gasteiger partial charge in [0.15, 0.2) is 0 Å². The third-order valence-electron chi connectivity index (χ3n) is 3.62. The van der Waals surface area contributed by atoms with Gasteiger partial charge in [-0.1, -0.05) is 55.5 Å². The van der Waals surface area contributed by atoms with E-state index in [2.05, 4.69) is 17.6 Å². The quantitative estimate of drug-likeness (QED) is 0.792. The summed E-state index contributed by atoms with van der Waals surface area (Å²) in [6.07, 6.45) is 0.138. The van der Waals surface area contributed by atoms with E-state index in [1.54, 1.807) is 0 Å². The van der Waals surface area contributed by atoms with Gasteiger partial charge in [0.1, 0.15) is 0 Å². The fourth-order valence-electron chi connectivity index (χ4n) is 2.34. The Balaban J connectivity index is 1.94. The molecule has 116 valence electrons. The summed E-state index contributed by atoms with van der Waals surface area (Å²) in [6, 6.07) is 14.9. The van der Waals surface area contributed by atoms with E-state index in [-0.39, 0.29) is 12.6 Å². The Morgan fingerprint density at radius 2 is 1.86 bits per heavy atom. The molecule has 3 N–H and O–H groups in total. The third-order valence-corrected chi connectivity index (χ3v) is 3.62. The molecule has 2 amide bonds. The van der Waals surface area contributed by atoms with Crippen molar-refractivity contribution in [2.45, 2.75) is 26.4 Å². The van der Waals surface area contributed by atoms with Gasteiger partial charge in [0, 0.05) is 12.2 Å².